The molecule has 3 nitrogen and oxygen atoms in total. The Morgan fingerprint density at radius 3 is 2.21 bits per heavy atom. The Morgan fingerprint density at radius 2 is 1.71 bits per heavy atom. The third-order valence-corrected chi connectivity index (χ3v) is 1.54. The van der Waals surface area contributed by atoms with Gasteiger partial charge in [-0.3, -0.25) is 0 Å². The van der Waals surface area contributed by atoms with Gasteiger partial charge in [-0.05, 0) is 24.3 Å². The van der Waals surface area contributed by atoms with Crippen molar-refractivity contribution in [1.82, 2.24) is 0 Å². The maximum Gasteiger partial charge on any atom is 0.120 e. The molecule has 0 unspecified atom stereocenters. The van der Waals surface area contributed by atoms with Crippen molar-refractivity contribution in [1.29, 1.82) is 0 Å². The quantitative estimate of drug-likeness (QED) is 0.648. The molecule has 0 atom stereocenters. The molecule has 1 aromatic carbocycles. The molecule has 3 heteroatoms. The molecule has 0 heterocycles. The highest BCUT2D eigenvalue weighted by molar-refractivity contribution is 5.31. The van der Waals surface area contributed by atoms with Crippen molar-refractivity contribution in [3.05, 3.63) is 36.9 Å². The average Bonchev–Trinajstić information content (AvgIpc) is 2.25. The van der Waals surface area contributed by atoms with Gasteiger partial charge in [-0.25, -0.2) is 5.11 Å². The second kappa shape index (κ2) is 6.05. The maximum absolute atomic E-state index is 10.2. The summed E-state index contributed by atoms with van der Waals surface area (Å²) in [5, 5.41) is 10.2. The molecule has 0 bridgehead atoms. The van der Waals surface area contributed by atoms with E-state index in [4.69, 9.17) is 9.47 Å². The maximum atomic E-state index is 10.2. The lowest BCUT2D eigenvalue weighted by molar-refractivity contribution is 0.138. The molecular formula is C11H13O3. The monoisotopic (exact) mass is 193 g/mol. The fourth-order valence-electron chi connectivity index (χ4n) is 0.947. The molecule has 1 rings (SSSR count). The predicted octanol–water partition coefficient (Wildman–Crippen LogP) is 2.06. The van der Waals surface area contributed by atoms with E-state index < -0.39 is 0 Å². The molecule has 14 heavy (non-hydrogen) atoms. The van der Waals surface area contributed by atoms with Crippen LogP contribution < -0.4 is 9.47 Å². The van der Waals surface area contributed by atoms with Crippen molar-refractivity contribution in [3.8, 4) is 11.5 Å². The molecule has 0 amide bonds. The first kappa shape index (κ1) is 10.6. The molecule has 0 saturated heterocycles. The number of hydrogen-bond donors (Lipinski definition) is 0. The largest absolute Gasteiger partial charge is 0.491 e. The van der Waals surface area contributed by atoms with Crippen LogP contribution in [-0.4, -0.2) is 19.8 Å². The third-order valence-electron chi connectivity index (χ3n) is 1.54. The Balaban J connectivity index is 2.46. The van der Waals surface area contributed by atoms with E-state index in [1.807, 2.05) is 0 Å². The van der Waals surface area contributed by atoms with Crippen LogP contribution in [0.5, 0.6) is 11.5 Å². The molecular weight excluding hydrogens is 180 g/mol. The standard InChI is InChI=1S/C11H13O3/c1-2-8-13-10-3-5-11(6-4-10)14-9-7-12/h2-6H,1,7-9H2. The predicted molar refractivity (Wildman–Crippen MR) is 53.2 cm³/mol. The molecule has 1 radical (unpaired) electrons. The number of ether oxygens (including phenoxy) is 2. The minimum absolute atomic E-state index is 0.201. The second-order valence-electron chi connectivity index (χ2n) is 2.62. The zero-order chi connectivity index (χ0) is 10.2. The summed E-state index contributed by atoms with van der Waals surface area (Å²) < 4.78 is 10.4. The third kappa shape index (κ3) is 3.49. The van der Waals surface area contributed by atoms with Crippen LogP contribution in [-0.2, 0) is 5.11 Å². The summed E-state index contributed by atoms with van der Waals surface area (Å²) in [5.74, 6) is 1.45. The number of benzene rings is 1. The van der Waals surface area contributed by atoms with Crippen LogP contribution in [0.3, 0.4) is 0 Å². The van der Waals surface area contributed by atoms with Crippen LogP contribution in [0.25, 0.3) is 0 Å². The van der Waals surface area contributed by atoms with E-state index in [1.165, 1.54) is 0 Å². The molecule has 0 aliphatic carbocycles. The van der Waals surface area contributed by atoms with Crippen LogP contribution in [0.4, 0.5) is 0 Å². The molecule has 0 aromatic heterocycles. The molecule has 1 aromatic rings. The normalized spacial score (nSPS) is 9.50. The summed E-state index contributed by atoms with van der Waals surface area (Å²) in [6.07, 6.45) is 1.68. The van der Waals surface area contributed by atoms with Crippen molar-refractivity contribution in [2.75, 3.05) is 19.8 Å². The van der Waals surface area contributed by atoms with Crippen LogP contribution in [0.1, 0.15) is 0 Å². The lowest BCUT2D eigenvalue weighted by Gasteiger charge is -2.05. The van der Waals surface area contributed by atoms with E-state index in [9.17, 15) is 5.11 Å². The smallest absolute Gasteiger partial charge is 0.120 e. The van der Waals surface area contributed by atoms with Gasteiger partial charge in [-0.1, -0.05) is 12.7 Å². The second-order valence-corrected chi connectivity index (χ2v) is 2.62. The molecule has 0 fully saturated rings. The summed E-state index contributed by atoms with van der Waals surface area (Å²) >= 11 is 0. The highest BCUT2D eigenvalue weighted by atomic mass is 16.5. The van der Waals surface area contributed by atoms with Crippen LogP contribution in [0.2, 0.25) is 0 Å². The van der Waals surface area contributed by atoms with E-state index in [0.717, 1.165) is 5.75 Å². The van der Waals surface area contributed by atoms with E-state index in [-0.39, 0.29) is 13.2 Å². The number of rotatable bonds is 6. The van der Waals surface area contributed by atoms with E-state index in [2.05, 4.69) is 6.58 Å². The Hall–Kier alpha value is -1.48. The Bertz CT molecular complexity index is 266. The minimum Gasteiger partial charge on any atom is -0.491 e. The average molecular weight is 193 g/mol. The van der Waals surface area contributed by atoms with Gasteiger partial charge in [0.2, 0.25) is 0 Å². The molecule has 0 saturated carbocycles. The summed E-state index contributed by atoms with van der Waals surface area (Å²) in [7, 11) is 0. The first-order chi connectivity index (χ1) is 6.86. The fraction of sp³-hybridized carbons (Fsp3) is 0.273. The summed E-state index contributed by atoms with van der Waals surface area (Å²) in [6.45, 7) is 4.01. The van der Waals surface area contributed by atoms with E-state index >= 15 is 0 Å². The first-order valence-corrected chi connectivity index (χ1v) is 4.41. The van der Waals surface area contributed by atoms with Crippen molar-refractivity contribution in [3.63, 3.8) is 0 Å². The zero-order valence-electron chi connectivity index (χ0n) is 7.94. The van der Waals surface area contributed by atoms with Crippen LogP contribution in [0, 0.1) is 0 Å². The van der Waals surface area contributed by atoms with Gasteiger partial charge in [0.05, 0.1) is 0 Å². The minimum atomic E-state index is -0.227. The van der Waals surface area contributed by atoms with Crippen molar-refractivity contribution in [2.45, 2.75) is 0 Å². The van der Waals surface area contributed by atoms with Gasteiger partial charge < -0.3 is 9.47 Å². The van der Waals surface area contributed by atoms with Gasteiger partial charge in [0, 0.05) is 0 Å². The van der Waals surface area contributed by atoms with Crippen molar-refractivity contribution >= 4 is 0 Å². The van der Waals surface area contributed by atoms with Gasteiger partial charge in [0.1, 0.15) is 31.3 Å². The highest BCUT2D eigenvalue weighted by Gasteiger charge is 1.94. The van der Waals surface area contributed by atoms with Gasteiger partial charge >= 0.3 is 0 Å². The summed E-state index contributed by atoms with van der Waals surface area (Å²) in [4.78, 5) is 0. The molecule has 0 spiro atoms. The van der Waals surface area contributed by atoms with E-state index in [1.54, 1.807) is 30.3 Å². The zero-order valence-corrected chi connectivity index (χ0v) is 7.94. The SMILES string of the molecule is C=CCOc1ccc(OCC[O])cc1. The Labute approximate surface area is 83.6 Å². The van der Waals surface area contributed by atoms with Crippen LogP contribution in [0.15, 0.2) is 36.9 Å². The lowest BCUT2D eigenvalue weighted by atomic mass is 10.3. The summed E-state index contributed by atoms with van der Waals surface area (Å²) in [5.41, 5.74) is 0. The van der Waals surface area contributed by atoms with Crippen molar-refractivity contribution < 1.29 is 14.6 Å². The first-order valence-electron chi connectivity index (χ1n) is 4.41. The van der Waals surface area contributed by atoms with Gasteiger partial charge in [0.15, 0.2) is 0 Å². The number of hydrogen-bond acceptors (Lipinski definition) is 2. The molecule has 0 N–H and O–H groups in total. The lowest BCUT2D eigenvalue weighted by Crippen LogP contribution is -2.00. The Kier molecular flexibility index (Phi) is 4.58. The molecule has 0 aliphatic heterocycles. The van der Waals surface area contributed by atoms with E-state index in [0.29, 0.717) is 12.4 Å². The molecule has 75 valence electrons. The van der Waals surface area contributed by atoms with Crippen molar-refractivity contribution in [2.24, 2.45) is 0 Å². The Morgan fingerprint density at radius 1 is 1.14 bits per heavy atom. The topological polar surface area (TPSA) is 38.4 Å². The summed E-state index contributed by atoms with van der Waals surface area (Å²) in [6, 6.07) is 7.13. The van der Waals surface area contributed by atoms with Gasteiger partial charge in [-0.15, -0.1) is 0 Å². The fourth-order valence-corrected chi connectivity index (χ4v) is 0.947. The highest BCUT2D eigenvalue weighted by Crippen LogP contribution is 2.17. The van der Waals surface area contributed by atoms with Gasteiger partial charge in [-0.2, -0.15) is 0 Å². The molecule has 0 aliphatic rings. The van der Waals surface area contributed by atoms with Gasteiger partial charge in [0.25, 0.3) is 0 Å². The van der Waals surface area contributed by atoms with Crippen LogP contribution >= 0.6 is 0 Å².